The molecule has 1 aliphatic rings. The fraction of sp³-hybridized carbons (Fsp3) is 0.533. The highest BCUT2D eigenvalue weighted by molar-refractivity contribution is 5.75. The second-order valence-electron chi connectivity index (χ2n) is 4.90. The zero-order valence-electron chi connectivity index (χ0n) is 11.1. The maximum Gasteiger partial charge on any atom is 0.221 e. The maximum atomic E-state index is 11.4. The second kappa shape index (κ2) is 6.55. The third kappa shape index (κ3) is 3.57. The van der Waals surface area contributed by atoms with E-state index in [1.165, 1.54) is 12.0 Å². The second-order valence-corrected chi connectivity index (χ2v) is 4.90. The molecule has 1 saturated heterocycles. The Morgan fingerprint density at radius 3 is 2.89 bits per heavy atom. The van der Waals surface area contributed by atoms with Gasteiger partial charge < -0.3 is 10.2 Å². The molecule has 3 heteroatoms. The van der Waals surface area contributed by atoms with E-state index in [9.17, 15) is 4.79 Å². The maximum absolute atomic E-state index is 11.4. The molecular formula is C15H22N2O. The molecule has 1 aromatic carbocycles. The smallest absolute Gasteiger partial charge is 0.221 e. The molecule has 0 unspecified atom stereocenters. The van der Waals surface area contributed by atoms with Gasteiger partial charge in [-0.2, -0.15) is 0 Å². The summed E-state index contributed by atoms with van der Waals surface area (Å²) in [5.74, 6) is 0.807. The first-order valence-corrected chi connectivity index (χ1v) is 6.83. The molecule has 1 heterocycles. The number of hydrogen-bond acceptors (Lipinski definition) is 2. The number of amides is 1. The molecule has 0 saturated carbocycles. The summed E-state index contributed by atoms with van der Waals surface area (Å²) in [5.41, 5.74) is 1.43. The van der Waals surface area contributed by atoms with Crippen LogP contribution in [0.1, 0.15) is 31.2 Å². The molecule has 18 heavy (non-hydrogen) atoms. The summed E-state index contributed by atoms with van der Waals surface area (Å²) >= 11 is 0. The molecule has 3 nitrogen and oxygen atoms in total. The zero-order valence-corrected chi connectivity index (χ0v) is 11.1. The van der Waals surface area contributed by atoms with Gasteiger partial charge in [-0.05, 0) is 31.4 Å². The molecule has 1 fully saturated rings. The van der Waals surface area contributed by atoms with Crippen LogP contribution in [0, 0.1) is 0 Å². The number of nitrogens with zero attached hydrogens (tertiary/aromatic N) is 1. The van der Waals surface area contributed by atoms with Gasteiger partial charge in [0, 0.05) is 26.1 Å². The molecule has 1 N–H and O–H groups in total. The molecule has 0 radical (unpaired) electrons. The van der Waals surface area contributed by atoms with E-state index in [0.717, 1.165) is 26.2 Å². The molecular weight excluding hydrogens is 224 g/mol. The van der Waals surface area contributed by atoms with Gasteiger partial charge in [0.05, 0.1) is 0 Å². The molecule has 0 spiro atoms. The fourth-order valence-electron chi connectivity index (χ4n) is 2.58. The van der Waals surface area contributed by atoms with E-state index in [1.54, 1.807) is 0 Å². The van der Waals surface area contributed by atoms with Crippen molar-refractivity contribution in [2.75, 3.05) is 26.2 Å². The molecule has 1 aromatic rings. The van der Waals surface area contributed by atoms with E-state index >= 15 is 0 Å². The molecule has 2 rings (SSSR count). The van der Waals surface area contributed by atoms with Crippen LogP contribution in [0.25, 0.3) is 0 Å². The van der Waals surface area contributed by atoms with E-state index in [1.807, 2.05) is 6.92 Å². The average molecular weight is 246 g/mol. The van der Waals surface area contributed by atoms with Crippen molar-refractivity contribution in [3.8, 4) is 0 Å². The van der Waals surface area contributed by atoms with E-state index in [2.05, 4.69) is 40.5 Å². The van der Waals surface area contributed by atoms with Gasteiger partial charge in [-0.25, -0.2) is 0 Å². The molecule has 1 aliphatic heterocycles. The lowest BCUT2D eigenvalue weighted by Crippen LogP contribution is -2.29. The molecule has 1 atom stereocenters. The highest BCUT2D eigenvalue weighted by atomic mass is 16.1. The van der Waals surface area contributed by atoms with Crippen LogP contribution in [0.5, 0.6) is 0 Å². The van der Waals surface area contributed by atoms with Crippen molar-refractivity contribution in [3.05, 3.63) is 35.9 Å². The average Bonchev–Trinajstić information content (AvgIpc) is 2.87. The van der Waals surface area contributed by atoms with Gasteiger partial charge in [0.2, 0.25) is 5.91 Å². The third-order valence-corrected chi connectivity index (χ3v) is 3.57. The fourth-order valence-corrected chi connectivity index (χ4v) is 2.58. The van der Waals surface area contributed by atoms with Crippen LogP contribution < -0.4 is 5.32 Å². The summed E-state index contributed by atoms with van der Waals surface area (Å²) in [7, 11) is 0. The third-order valence-electron chi connectivity index (χ3n) is 3.57. The van der Waals surface area contributed by atoms with Crippen LogP contribution >= 0.6 is 0 Å². The summed E-state index contributed by atoms with van der Waals surface area (Å²) < 4.78 is 0. The minimum Gasteiger partial charge on any atom is -0.356 e. The standard InChI is InChI=1S/C15H22N2O/c1-2-16-15(18)9-11-17-10-8-14(12-17)13-6-4-3-5-7-13/h3-7,14H,2,8-12H2,1H3,(H,16,18)/t14-/m0/s1. The SMILES string of the molecule is CCNC(=O)CCN1CC[C@H](c2ccccc2)C1. The largest absolute Gasteiger partial charge is 0.356 e. The Kier molecular flexibility index (Phi) is 4.76. The Bertz CT molecular complexity index is 377. The van der Waals surface area contributed by atoms with Crippen molar-refractivity contribution in [2.24, 2.45) is 0 Å². The number of hydrogen-bond donors (Lipinski definition) is 1. The van der Waals surface area contributed by atoms with Crippen molar-refractivity contribution in [3.63, 3.8) is 0 Å². The quantitative estimate of drug-likeness (QED) is 0.862. The lowest BCUT2D eigenvalue weighted by molar-refractivity contribution is -0.121. The lowest BCUT2D eigenvalue weighted by atomic mass is 9.99. The molecule has 1 amide bonds. The number of carbonyl (C=O) groups excluding carboxylic acids is 1. The van der Waals surface area contributed by atoms with E-state index < -0.39 is 0 Å². The van der Waals surface area contributed by atoms with Crippen molar-refractivity contribution in [1.29, 1.82) is 0 Å². The van der Waals surface area contributed by atoms with Gasteiger partial charge >= 0.3 is 0 Å². The minimum atomic E-state index is 0.167. The summed E-state index contributed by atoms with van der Waals surface area (Å²) in [6.45, 7) is 5.77. The lowest BCUT2D eigenvalue weighted by Gasteiger charge is -2.15. The Labute approximate surface area is 109 Å². The van der Waals surface area contributed by atoms with Crippen LogP contribution in [-0.4, -0.2) is 37.0 Å². The normalized spacial score (nSPS) is 19.9. The molecule has 0 aromatic heterocycles. The number of benzene rings is 1. The first-order chi connectivity index (χ1) is 8.79. The highest BCUT2D eigenvalue weighted by Gasteiger charge is 2.23. The Hall–Kier alpha value is -1.35. The monoisotopic (exact) mass is 246 g/mol. The first kappa shape index (κ1) is 13.1. The van der Waals surface area contributed by atoms with Crippen molar-refractivity contribution in [2.45, 2.75) is 25.7 Å². The van der Waals surface area contributed by atoms with Crippen molar-refractivity contribution < 1.29 is 4.79 Å². The van der Waals surface area contributed by atoms with Crippen LogP contribution in [0.15, 0.2) is 30.3 Å². The number of rotatable bonds is 5. The first-order valence-electron chi connectivity index (χ1n) is 6.83. The van der Waals surface area contributed by atoms with E-state index in [0.29, 0.717) is 12.3 Å². The topological polar surface area (TPSA) is 32.3 Å². The van der Waals surface area contributed by atoms with Gasteiger partial charge in [0.15, 0.2) is 0 Å². The molecule has 0 aliphatic carbocycles. The summed E-state index contributed by atoms with van der Waals surface area (Å²) in [5, 5.41) is 2.85. The summed E-state index contributed by atoms with van der Waals surface area (Å²) in [6.07, 6.45) is 1.83. The molecule has 98 valence electrons. The van der Waals surface area contributed by atoms with Gasteiger partial charge in [-0.15, -0.1) is 0 Å². The Morgan fingerprint density at radius 2 is 2.17 bits per heavy atom. The van der Waals surface area contributed by atoms with Crippen LogP contribution in [0.2, 0.25) is 0 Å². The summed E-state index contributed by atoms with van der Waals surface area (Å²) in [4.78, 5) is 13.8. The van der Waals surface area contributed by atoms with Crippen molar-refractivity contribution in [1.82, 2.24) is 10.2 Å². The Balaban J connectivity index is 1.77. The van der Waals surface area contributed by atoms with E-state index in [4.69, 9.17) is 0 Å². The van der Waals surface area contributed by atoms with Crippen LogP contribution in [-0.2, 0) is 4.79 Å². The van der Waals surface area contributed by atoms with Gasteiger partial charge in [0.25, 0.3) is 0 Å². The Morgan fingerprint density at radius 1 is 1.39 bits per heavy atom. The predicted octanol–water partition coefficient (Wildman–Crippen LogP) is 2.00. The zero-order chi connectivity index (χ0) is 12.8. The molecule has 0 bridgehead atoms. The number of likely N-dealkylation sites (tertiary alicyclic amines) is 1. The number of carbonyl (C=O) groups is 1. The minimum absolute atomic E-state index is 0.167. The summed E-state index contributed by atoms with van der Waals surface area (Å²) in [6, 6.07) is 10.7. The van der Waals surface area contributed by atoms with Gasteiger partial charge in [0.1, 0.15) is 0 Å². The van der Waals surface area contributed by atoms with Gasteiger partial charge in [-0.3, -0.25) is 4.79 Å². The van der Waals surface area contributed by atoms with E-state index in [-0.39, 0.29) is 5.91 Å². The van der Waals surface area contributed by atoms with Crippen molar-refractivity contribution >= 4 is 5.91 Å². The van der Waals surface area contributed by atoms with Crippen LogP contribution in [0.4, 0.5) is 0 Å². The highest BCUT2D eigenvalue weighted by Crippen LogP contribution is 2.26. The van der Waals surface area contributed by atoms with Gasteiger partial charge in [-0.1, -0.05) is 30.3 Å². The number of nitrogens with one attached hydrogen (secondary N) is 1. The predicted molar refractivity (Wildman–Crippen MR) is 73.5 cm³/mol. The van der Waals surface area contributed by atoms with Crippen LogP contribution in [0.3, 0.4) is 0 Å².